The predicted molar refractivity (Wildman–Crippen MR) is 97.5 cm³/mol. The standard InChI is InChI=1S/C20H30O6/c1-4-5-6-7-8-9-10-11-15-23-20(22)25-26-24-19(21)18-16(2)13-12-14-17(18)3/h12-14H,4-11,15H2,1-3H3. The van der Waals surface area contributed by atoms with E-state index in [1.165, 1.54) is 32.1 Å². The average molecular weight is 366 g/mol. The number of hydrogen-bond acceptors (Lipinski definition) is 6. The Bertz CT molecular complexity index is 535. The van der Waals surface area contributed by atoms with E-state index in [1.54, 1.807) is 26.0 Å². The minimum Gasteiger partial charge on any atom is -0.432 e. The summed E-state index contributed by atoms with van der Waals surface area (Å²) in [6.45, 7) is 6.01. The largest absolute Gasteiger partial charge is 0.543 e. The number of ether oxygens (including phenoxy) is 1. The lowest BCUT2D eigenvalue weighted by Gasteiger charge is -2.07. The molecule has 26 heavy (non-hydrogen) atoms. The number of hydrogen-bond donors (Lipinski definition) is 0. The van der Waals surface area contributed by atoms with Crippen molar-refractivity contribution in [2.24, 2.45) is 0 Å². The van der Waals surface area contributed by atoms with Gasteiger partial charge in [-0.15, -0.1) is 0 Å². The Morgan fingerprint density at radius 3 is 2.04 bits per heavy atom. The molecule has 0 fully saturated rings. The first-order valence-electron chi connectivity index (χ1n) is 9.34. The van der Waals surface area contributed by atoms with Crippen molar-refractivity contribution in [1.82, 2.24) is 0 Å². The first-order valence-corrected chi connectivity index (χ1v) is 9.34. The van der Waals surface area contributed by atoms with Gasteiger partial charge in [0.05, 0.1) is 17.2 Å². The molecule has 6 nitrogen and oxygen atoms in total. The Morgan fingerprint density at radius 2 is 1.42 bits per heavy atom. The van der Waals surface area contributed by atoms with E-state index in [4.69, 9.17) is 4.74 Å². The number of unbranched alkanes of at least 4 members (excludes halogenated alkanes) is 7. The second-order valence-electron chi connectivity index (χ2n) is 6.36. The molecule has 0 bridgehead atoms. The van der Waals surface area contributed by atoms with Gasteiger partial charge < -0.3 is 4.74 Å². The van der Waals surface area contributed by atoms with Gasteiger partial charge in [0.2, 0.25) is 0 Å². The van der Waals surface area contributed by atoms with Gasteiger partial charge in [0.1, 0.15) is 0 Å². The molecule has 0 heterocycles. The molecule has 1 aromatic carbocycles. The summed E-state index contributed by atoms with van der Waals surface area (Å²) in [6, 6.07) is 5.40. The molecule has 0 aliphatic rings. The summed E-state index contributed by atoms with van der Waals surface area (Å²) in [5, 5.41) is 4.23. The molecule has 146 valence electrons. The zero-order valence-corrected chi connectivity index (χ0v) is 16.0. The van der Waals surface area contributed by atoms with E-state index < -0.39 is 12.1 Å². The van der Waals surface area contributed by atoms with Gasteiger partial charge in [0.25, 0.3) is 0 Å². The van der Waals surface area contributed by atoms with Gasteiger partial charge in [-0.2, -0.15) is 0 Å². The van der Waals surface area contributed by atoms with Crippen molar-refractivity contribution in [3.05, 3.63) is 34.9 Å². The van der Waals surface area contributed by atoms with Crippen LogP contribution in [0, 0.1) is 13.8 Å². The van der Waals surface area contributed by atoms with Gasteiger partial charge in [0.15, 0.2) is 0 Å². The lowest BCUT2D eigenvalue weighted by Crippen LogP contribution is -2.14. The highest BCUT2D eigenvalue weighted by Gasteiger charge is 2.16. The fourth-order valence-corrected chi connectivity index (χ4v) is 2.67. The van der Waals surface area contributed by atoms with Crippen molar-refractivity contribution in [2.75, 3.05) is 6.61 Å². The topological polar surface area (TPSA) is 71.1 Å². The molecule has 0 saturated heterocycles. The molecule has 0 unspecified atom stereocenters. The van der Waals surface area contributed by atoms with Crippen LogP contribution in [0.25, 0.3) is 0 Å². The molecule has 0 N–H and O–H groups in total. The molecule has 0 aliphatic carbocycles. The average Bonchev–Trinajstić information content (AvgIpc) is 2.60. The van der Waals surface area contributed by atoms with Crippen molar-refractivity contribution >= 4 is 12.1 Å². The van der Waals surface area contributed by atoms with Crippen LogP contribution >= 0.6 is 0 Å². The first-order chi connectivity index (χ1) is 12.6. The van der Waals surface area contributed by atoms with Crippen LogP contribution in [0.15, 0.2) is 18.2 Å². The first kappa shape index (κ1) is 22.0. The van der Waals surface area contributed by atoms with E-state index in [2.05, 4.69) is 21.7 Å². The van der Waals surface area contributed by atoms with Crippen LogP contribution in [0.2, 0.25) is 0 Å². The third kappa shape index (κ3) is 8.85. The number of carbonyl (C=O) groups is 2. The molecule has 0 amide bonds. The third-order valence-corrected chi connectivity index (χ3v) is 4.11. The summed E-state index contributed by atoms with van der Waals surface area (Å²) < 4.78 is 4.84. The summed E-state index contributed by atoms with van der Waals surface area (Å²) in [6.07, 6.45) is 8.18. The van der Waals surface area contributed by atoms with Crippen LogP contribution in [0.5, 0.6) is 0 Å². The van der Waals surface area contributed by atoms with Crippen LogP contribution in [-0.2, 0) is 19.6 Å². The van der Waals surface area contributed by atoms with Crippen molar-refractivity contribution in [1.29, 1.82) is 0 Å². The monoisotopic (exact) mass is 366 g/mol. The van der Waals surface area contributed by atoms with Gasteiger partial charge in [-0.1, -0.05) is 70.1 Å². The molecule has 6 heteroatoms. The maximum atomic E-state index is 11.9. The van der Waals surface area contributed by atoms with E-state index in [9.17, 15) is 9.59 Å². The Labute approximate surface area is 155 Å². The Hall–Kier alpha value is -2.08. The van der Waals surface area contributed by atoms with Crippen LogP contribution in [-0.4, -0.2) is 18.7 Å². The molecule has 0 radical (unpaired) electrons. The Balaban J connectivity index is 2.07. The molecule has 0 aromatic heterocycles. The highest BCUT2D eigenvalue weighted by Crippen LogP contribution is 2.14. The zero-order chi connectivity index (χ0) is 19.2. The fraction of sp³-hybridized carbons (Fsp3) is 0.600. The zero-order valence-electron chi connectivity index (χ0n) is 16.0. The maximum absolute atomic E-state index is 11.9. The van der Waals surface area contributed by atoms with Gasteiger partial charge >= 0.3 is 12.1 Å². The van der Waals surface area contributed by atoms with Crippen LogP contribution in [0.4, 0.5) is 4.79 Å². The molecule has 0 atom stereocenters. The lowest BCUT2D eigenvalue weighted by molar-refractivity contribution is -0.452. The van der Waals surface area contributed by atoms with Gasteiger partial charge in [-0.05, 0) is 31.4 Å². The highest BCUT2D eigenvalue weighted by molar-refractivity contribution is 5.92. The summed E-state index contributed by atoms with van der Waals surface area (Å²) >= 11 is 0. The van der Waals surface area contributed by atoms with Crippen molar-refractivity contribution in [3.8, 4) is 0 Å². The predicted octanol–water partition coefficient (Wildman–Crippen LogP) is 5.60. The van der Waals surface area contributed by atoms with Gasteiger partial charge in [0, 0.05) is 0 Å². The van der Waals surface area contributed by atoms with Crippen molar-refractivity contribution < 1.29 is 29.1 Å². The van der Waals surface area contributed by atoms with E-state index in [0.29, 0.717) is 5.56 Å². The van der Waals surface area contributed by atoms with Crippen LogP contribution < -0.4 is 0 Å². The number of carbonyl (C=O) groups excluding carboxylic acids is 2. The lowest BCUT2D eigenvalue weighted by atomic mass is 10.0. The molecule has 0 saturated carbocycles. The highest BCUT2D eigenvalue weighted by atomic mass is 17.5. The molecule has 1 rings (SSSR count). The van der Waals surface area contributed by atoms with E-state index in [-0.39, 0.29) is 6.61 Å². The Morgan fingerprint density at radius 1 is 0.846 bits per heavy atom. The molecular weight excluding hydrogens is 336 g/mol. The number of aryl methyl sites for hydroxylation is 2. The van der Waals surface area contributed by atoms with E-state index in [1.807, 2.05) is 6.07 Å². The van der Waals surface area contributed by atoms with E-state index in [0.717, 1.165) is 30.4 Å². The summed E-state index contributed by atoms with van der Waals surface area (Å²) in [5.41, 5.74) is 1.87. The third-order valence-electron chi connectivity index (χ3n) is 4.11. The van der Waals surface area contributed by atoms with Crippen molar-refractivity contribution in [3.63, 3.8) is 0 Å². The summed E-state index contributed by atoms with van der Waals surface area (Å²) in [7, 11) is 0. The van der Waals surface area contributed by atoms with Crippen LogP contribution in [0.1, 0.15) is 79.8 Å². The quantitative estimate of drug-likeness (QED) is 0.207. The maximum Gasteiger partial charge on any atom is 0.543 e. The molecule has 0 spiro atoms. The fourth-order valence-electron chi connectivity index (χ4n) is 2.67. The van der Waals surface area contributed by atoms with Gasteiger partial charge in [-0.3, -0.25) is 4.89 Å². The van der Waals surface area contributed by atoms with Crippen LogP contribution in [0.3, 0.4) is 0 Å². The van der Waals surface area contributed by atoms with E-state index >= 15 is 0 Å². The summed E-state index contributed by atoms with van der Waals surface area (Å²) in [4.78, 5) is 32.0. The van der Waals surface area contributed by atoms with Gasteiger partial charge in [-0.25, -0.2) is 14.5 Å². The second-order valence-corrected chi connectivity index (χ2v) is 6.36. The van der Waals surface area contributed by atoms with Crippen molar-refractivity contribution in [2.45, 2.75) is 72.1 Å². The number of benzene rings is 1. The smallest absolute Gasteiger partial charge is 0.432 e. The SMILES string of the molecule is CCCCCCCCCCOC(=O)OOOC(=O)c1c(C)cccc1C. The number of rotatable bonds is 12. The molecule has 0 aliphatic heterocycles. The minimum absolute atomic E-state index is 0.252. The minimum atomic E-state index is -1.03. The molecule has 1 aromatic rings. The Kier molecular flexibility index (Phi) is 11.1. The second kappa shape index (κ2) is 13.2. The summed E-state index contributed by atoms with van der Waals surface area (Å²) in [5.74, 6) is -0.725. The normalized spacial score (nSPS) is 10.4. The molecular formula is C20H30O6.